The molecule has 3 nitrogen and oxygen atoms in total. The van der Waals surface area contributed by atoms with E-state index in [9.17, 15) is 2.74 Å². The van der Waals surface area contributed by atoms with Crippen molar-refractivity contribution in [2.45, 2.75) is 19.3 Å². The van der Waals surface area contributed by atoms with Gasteiger partial charge in [0.25, 0.3) is 0 Å². The van der Waals surface area contributed by atoms with E-state index in [1.165, 1.54) is 0 Å². The topological polar surface area (TPSA) is 29.5 Å². The van der Waals surface area contributed by atoms with Crippen molar-refractivity contribution in [2.24, 2.45) is 0 Å². The van der Waals surface area contributed by atoms with Gasteiger partial charge in [-0.3, -0.25) is 0 Å². The van der Waals surface area contributed by atoms with Gasteiger partial charge in [-0.2, -0.15) is 0 Å². The average Bonchev–Trinajstić information content (AvgIpc) is 3.90. The van der Waals surface area contributed by atoms with Crippen LogP contribution in [-0.4, -0.2) is 0 Å². The lowest BCUT2D eigenvalue weighted by Gasteiger charge is -2.29. The van der Waals surface area contributed by atoms with Gasteiger partial charge in [-0.05, 0) is 99.1 Å². The highest BCUT2D eigenvalue weighted by atomic mass is 16.3. The average molecular weight is 699 g/mol. The van der Waals surface area contributed by atoms with Crippen LogP contribution in [0.3, 0.4) is 0 Å². The van der Waals surface area contributed by atoms with Crippen molar-refractivity contribution in [1.82, 2.24) is 0 Å². The van der Waals surface area contributed by atoms with E-state index < -0.39 is 11.5 Å². The van der Waals surface area contributed by atoms with Crippen LogP contribution in [0.4, 0.5) is 17.1 Å². The van der Waals surface area contributed by atoms with Crippen LogP contribution in [0, 0.1) is 0 Å². The maximum Gasteiger partial charge on any atom is 0.137 e. The molecule has 0 bridgehead atoms. The van der Waals surface area contributed by atoms with Crippen LogP contribution in [0.2, 0.25) is 0 Å². The minimum atomic E-state index is -0.489. The summed E-state index contributed by atoms with van der Waals surface area (Å²) in [7, 11) is 0. The maximum absolute atomic E-state index is 9.23. The summed E-state index contributed by atoms with van der Waals surface area (Å²) in [5.74, 6) is 0. The van der Waals surface area contributed by atoms with Crippen molar-refractivity contribution in [1.29, 1.82) is 0 Å². The number of hydrogen-bond acceptors (Lipinski definition) is 3. The SMILES string of the molecule is [2H]c1c([2H])c([2H])c(-c2cc(N(c3ccc4c(c3)oc3ccccc34)c3cccc4oc5ccc(-c6ccccc6)cc5c34)cc3c2-c2ccccc2C3(C)C)c([2H])c1[2H]. The van der Waals surface area contributed by atoms with Crippen LogP contribution in [0.1, 0.15) is 31.8 Å². The number of nitrogens with zero attached hydrogens (tertiary/aromatic N) is 1. The van der Waals surface area contributed by atoms with Crippen LogP contribution in [0.15, 0.2) is 185 Å². The van der Waals surface area contributed by atoms with Gasteiger partial charge in [0.05, 0.1) is 17.9 Å². The predicted octanol–water partition coefficient (Wildman–Crippen LogP) is 14.6. The Morgan fingerprint density at radius 3 is 2.11 bits per heavy atom. The number of furan rings is 2. The lowest BCUT2D eigenvalue weighted by molar-refractivity contribution is 0.660. The molecule has 0 N–H and O–H groups in total. The van der Waals surface area contributed by atoms with Crippen molar-refractivity contribution >= 4 is 60.9 Å². The third-order valence-electron chi connectivity index (χ3n) is 11.1. The molecule has 2 heterocycles. The van der Waals surface area contributed by atoms with Crippen LogP contribution in [-0.2, 0) is 5.41 Å². The van der Waals surface area contributed by atoms with Crippen molar-refractivity contribution in [3.8, 4) is 33.4 Å². The molecule has 0 amide bonds. The van der Waals surface area contributed by atoms with E-state index in [4.69, 9.17) is 12.9 Å². The Bertz CT molecular complexity index is 3350. The highest BCUT2D eigenvalue weighted by Crippen LogP contribution is 2.55. The molecule has 8 aromatic carbocycles. The van der Waals surface area contributed by atoms with E-state index >= 15 is 0 Å². The van der Waals surface area contributed by atoms with Crippen LogP contribution in [0.25, 0.3) is 77.3 Å². The Kier molecular flexibility index (Phi) is 5.58. The standard InChI is InChI=1S/C51H35NO2/c1-51(2)42-20-11-9-19-39(42)49-40(33-16-7-4-8-17-33)29-36(30-43(49)51)52(35-25-26-38-37-18-10-12-22-45(37)54-48(38)31-35)44-21-13-23-47-50(44)41-28-34(24-27-46(41)53-47)32-14-5-3-6-15-32/h3-31H,1-2H3/i4D,7D,8D,16D,17D. The molecule has 1 aliphatic carbocycles. The second kappa shape index (κ2) is 11.6. The highest BCUT2D eigenvalue weighted by Gasteiger charge is 2.38. The zero-order chi connectivity index (χ0) is 40.3. The summed E-state index contributed by atoms with van der Waals surface area (Å²) in [5, 5.41) is 3.88. The van der Waals surface area contributed by atoms with E-state index in [1.54, 1.807) is 0 Å². The number of hydrogen-bond donors (Lipinski definition) is 0. The molecule has 0 saturated heterocycles. The number of benzene rings is 8. The molecule has 54 heavy (non-hydrogen) atoms. The van der Waals surface area contributed by atoms with Gasteiger partial charge in [0.15, 0.2) is 0 Å². The van der Waals surface area contributed by atoms with E-state index in [-0.39, 0.29) is 29.7 Å². The third kappa shape index (κ3) is 4.55. The van der Waals surface area contributed by atoms with Crippen LogP contribution in [0.5, 0.6) is 0 Å². The Morgan fingerprint density at radius 2 is 1.22 bits per heavy atom. The van der Waals surface area contributed by atoms with Gasteiger partial charge in [-0.25, -0.2) is 0 Å². The molecule has 0 unspecified atom stereocenters. The molecule has 0 saturated carbocycles. The second-order valence-electron chi connectivity index (χ2n) is 14.5. The first kappa shape index (κ1) is 26.0. The monoisotopic (exact) mass is 698 g/mol. The zero-order valence-electron chi connectivity index (χ0n) is 34.6. The van der Waals surface area contributed by atoms with Crippen LogP contribution < -0.4 is 4.90 Å². The summed E-state index contributed by atoms with van der Waals surface area (Å²) in [6.45, 7) is 4.38. The Labute approximate surface area is 320 Å². The lowest BCUT2D eigenvalue weighted by atomic mass is 9.81. The predicted molar refractivity (Wildman–Crippen MR) is 224 cm³/mol. The third-order valence-corrected chi connectivity index (χ3v) is 11.1. The minimum Gasteiger partial charge on any atom is -0.456 e. The quantitative estimate of drug-likeness (QED) is 0.179. The van der Waals surface area contributed by atoms with Crippen molar-refractivity contribution in [2.75, 3.05) is 4.90 Å². The van der Waals surface area contributed by atoms with Crippen molar-refractivity contribution in [3.63, 3.8) is 0 Å². The number of anilines is 3. The molecule has 1 aliphatic rings. The van der Waals surface area contributed by atoms with E-state index in [0.29, 0.717) is 5.56 Å². The molecule has 11 rings (SSSR count). The summed E-state index contributed by atoms with van der Waals surface area (Å²) < 4.78 is 57.4. The first-order valence-corrected chi connectivity index (χ1v) is 18.2. The zero-order valence-corrected chi connectivity index (χ0v) is 29.6. The maximum atomic E-state index is 9.23. The smallest absolute Gasteiger partial charge is 0.137 e. The number of fused-ring (bicyclic) bond motifs is 9. The molecule has 0 atom stereocenters. The first-order chi connectivity index (χ1) is 28.6. The van der Waals surface area contributed by atoms with Gasteiger partial charge in [0.1, 0.15) is 22.3 Å². The Balaban J connectivity index is 1.26. The first-order valence-electron chi connectivity index (χ1n) is 20.7. The fraction of sp³-hybridized carbons (Fsp3) is 0.0588. The van der Waals surface area contributed by atoms with Gasteiger partial charge in [0, 0.05) is 39.0 Å². The molecular formula is C51H35NO2. The van der Waals surface area contributed by atoms with E-state index in [2.05, 4.69) is 91.5 Å². The fourth-order valence-electron chi connectivity index (χ4n) is 8.60. The Hall–Kier alpha value is -6.84. The molecule has 0 spiro atoms. The minimum absolute atomic E-state index is 0.161. The molecule has 3 heteroatoms. The van der Waals surface area contributed by atoms with Gasteiger partial charge in [-0.1, -0.05) is 129 Å². The van der Waals surface area contributed by atoms with Crippen molar-refractivity contribution < 1.29 is 15.7 Å². The number of rotatable bonds is 5. The fourth-order valence-corrected chi connectivity index (χ4v) is 8.60. The van der Waals surface area contributed by atoms with Crippen molar-refractivity contribution in [3.05, 3.63) is 187 Å². The largest absolute Gasteiger partial charge is 0.456 e. The lowest BCUT2D eigenvalue weighted by Crippen LogP contribution is -2.17. The molecule has 256 valence electrons. The molecule has 2 aromatic heterocycles. The normalized spacial score (nSPS) is 14.4. The summed E-state index contributed by atoms with van der Waals surface area (Å²) in [5.41, 5.74) is 11.7. The Morgan fingerprint density at radius 1 is 0.481 bits per heavy atom. The molecule has 0 aliphatic heterocycles. The molecular weight excluding hydrogens is 659 g/mol. The van der Waals surface area contributed by atoms with Gasteiger partial charge in [0.2, 0.25) is 0 Å². The molecule has 0 radical (unpaired) electrons. The van der Waals surface area contributed by atoms with Gasteiger partial charge < -0.3 is 13.7 Å². The summed E-state index contributed by atoms with van der Waals surface area (Å²) in [6, 6.07) is 47.7. The van der Waals surface area contributed by atoms with Gasteiger partial charge in [-0.15, -0.1) is 0 Å². The van der Waals surface area contributed by atoms with E-state index in [1.807, 2.05) is 72.8 Å². The van der Waals surface area contributed by atoms with Crippen LogP contribution >= 0.6 is 0 Å². The molecule has 10 aromatic rings. The molecule has 0 fully saturated rings. The number of para-hydroxylation sites is 1. The van der Waals surface area contributed by atoms with E-state index in [0.717, 1.165) is 94.3 Å². The summed E-state index contributed by atoms with van der Waals surface area (Å²) in [6.07, 6.45) is 0. The summed E-state index contributed by atoms with van der Waals surface area (Å²) in [4.78, 5) is 2.19. The van der Waals surface area contributed by atoms with Gasteiger partial charge >= 0.3 is 0 Å². The summed E-state index contributed by atoms with van der Waals surface area (Å²) >= 11 is 0. The highest BCUT2D eigenvalue weighted by molar-refractivity contribution is 6.15. The second-order valence-corrected chi connectivity index (χ2v) is 14.5.